The zero-order chi connectivity index (χ0) is 20.0. The van der Waals surface area contributed by atoms with Gasteiger partial charge in [-0.25, -0.2) is 4.98 Å². The van der Waals surface area contributed by atoms with Crippen molar-refractivity contribution in [2.75, 3.05) is 19.5 Å². The third kappa shape index (κ3) is 5.51. The molecule has 1 aromatic carbocycles. The lowest BCUT2D eigenvalue weighted by atomic mass is 10.2. The van der Waals surface area contributed by atoms with Crippen molar-refractivity contribution in [2.24, 2.45) is 4.99 Å². The average molecular weight is 409 g/mol. The van der Waals surface area contributed by atoms with Gasteiger partial charge in [0.05, 0.1) is 25.2 Å². The van der Waals surface area contributed by atoms with Gasteiger partial charge in [0.25, 0.3) is 0 Å². The molecule has 2 rings (SSSR count). The van der Waals surface area contributed by atoms with Crippen molar-refractivity contribution in [3.63, 3.8) is 0 Å². The number of hydrogen-bond acceptors (Lipinski definition) is 6. The smallest absolute Gasteiger partial charge is 0.237 e. The van der Waals surface area contributed by atoms with Gasteiger partial charge in [0, 0.05) is 23.5 Å². The maximum Gasteiger partial charge on any atom is 0.237 e. The first-order valence-corrected chi connectivity index (χ1v) is 9.23. The summed E-state index contributed by atoms with van der Waals surface area (Å²) >= 11 is 7.17. The normalized spacial score (nSPS) is 12.4. The number of ether oxygens (including phenoxy) is 2. The zero-order valence-corrected chi connectivity index (χ0v) is 17.1. The standard InChI is InChI=1S/C18H21ClN4O3S/c1-10-13(9-16(19)20-3)23-18(21-10)27-11(2)17(24)22-12-6-7-14(25-4)15(8-12)26-5/h6-9,11H,3H2,1-2,4-5H3,(H,21,23)(H,22,24)/b16-9-. The molecule has 2 N–H and O–H groups in total. The fourth-order valence-corrected chi connectivity index (χ4v) is 3.15. The summed E-state index contributed by atoms with van der Waals surface area (Å²) < 4.78 is 10.4. The van der Waals surface area contributed by atoms with Gasteiger partial charge < -0.3 is 19.8 Å². The summed E-state index contributed by atoms with van der Waals surface area (Å²) in [5.74, 6) is 0.975. The monoisotopic (exact) mass is 408 g/mol. The quantitative estimate of drug-likeness (QED) is 0.390. The Morgan fingerprint density at radius 2 is 2.11 bits per heavy atom. The Labute approximate surface area is 167 Å². The number of carbonyl (C=O) groups excluding carboxylic acids is 1. The number of thioether (sulfide) groups is 1. The van der Waals surface area contributed by atoms with E-state index in [0.717, 1.165) is 5.69 Å². The van der Waals surface area contributed by atoms with E-state index < -0.39 is 0 Å². The van der Waals surface area contributed by atoms with E-state index in [9.17, 15) is 4.79 Å². The number of benzene rings is 1. The zero-order valence-electron chi connectivity index (χ0n) is 15.5. The van der Waals surface area contributed by atoms with Crippen molar-refractivity contribution in [1.29, 1.82) is 0 Å². The molecular formula is C18H21ClN4O3S. The van der Waals surface area contributed by atoms with Crippen LogP contribution in [0.15, 0.2) is 33.5 Å². The number of hydrogen-bond donors (Lipinski definition) is 2. The molecule has 1 amide bonds. The van der Waals surface area contributed by atoms with Crippen LogP contribution < -0.4 is 14.8 Å². The summed E-state index contributed by atoms with van der Waals surface area (Å²) in [6, 6.07) is 5.19. The lowest BCUT2D eigenvalue weighted by molar-refractivity contribution is -0.115. The van der Waals surface area contributed by atoms with E-state index in [1.165, 1.54) is 11.8 Å². The molecule has 0 saturated carbocycles. The summed E-state index contributed by atoms with van der Waals surface area (Å²) in [4.78, 5) is 23.7. The molecule has 27 heavy (non-hydrogen) atoms. The van der Waals surface area contributed by atoms with Gasteiger partial charge in [-0.2, -0.15) is 0 Å². The van der Waals surface area contributed by atoms with Crippen LogP contribution in [0.5, 0.6) is 11.5 Å². The third-order valence-electron chi connectivity index (χ3n) is 3.62. The molecule has 0 radical (unpaired) electrons. The van der Waals surface area contributed by atoms with Crippen LogP contribution in [0.1, 0.15) is 18.3 Å². The van der Waals surface area contributed by atoms with E-state index in [1.807, 2.05) is 6.92 Å². The van der Waals surface area contributed by atoms with Crippen LogP contribution in [-0.4, -0.2) is 42.1 Å². The number of halogens is 1. The van der Waals surface area contributed by atoms with Crippen LogP contribution in [-0.2, 0) is 4.79 Å². The molecular weight excluding hydrogens is 388 g/mol. The summed E-state index contributed by atoms with van der Waals surface area (Å²) in [5, 5.41) is 3.34. The number of H-pyrrole nitrogens is 1. The average Bonchev–Trinajstić information content (AvgIpc) is 2.99. The van der Waals surface area contributed by atoms with Crippen LogP contribution in [0.4, 0.5) is 5.69 Å². The molecule has 9 heteroatoms. The van der Waals surface area contributed by atoms with E-state index in [4.69, 9.17) is 21.1 Å². The number of nitrogens with zero attached hydrogens (tertiary/aromatic N) is 2. The minimum absolute atomic E-state index is 0.163. The first kappa shape index (κ1) is 20.9. The highest BCUT2D eigenvalue weighted by Crippen LogP contribution is 2.30. The van der Waals surface area contributed by atoms with Crippen LogP contribution >= 0.6 is 23.4 Å². The lowest BCUT2D eigenvalue weighted by Gasteiger charge is -2.13. The lowest BCUT2D eigenvalue weighted by Crippen LogP contribution is -2.22. The van der Waals surface area contributed by atoms with Crippen molar-refractivity contribution < 1.29 is 14.3 Å². The molecule has 0 aliphatic carbocycles. The largest absolute Gasteiger partial charge is 0.493 e. The van der Waals surface area contributed by atoms with Crippen LogP contribution in [0.25, 0.3) is 6.08 Å². The number of aryl methyl sites for hydroxylation is 1. The van der Waals surface area contributed by atoms with E-state index in [2.05, 4.69) is 27.0 Å². The molecule has 0 fully saturated rings. The van der Waals surface area contributed by atoms with Crippen LogP contribution in [0, 0.1) is 6.92 Å². The number of rotatable bonds is 8. The second-order valence-corrected chi connectivity index (χ2v) is 7.21. The number of amides is 1. The van der Waals surface area contributed by atoms with Crippen molar-refractivity contribution in [1.82, 2.24) is 9.97 Å². The van der Waals surface area contributed by atoms with Gasteiger partial charge in [0.2, 0.25) is 5.91 Å². The van der Waals surface area contributed by atoms with E-state index >= 15 is 0 Å². The van der Waals surface area contributed by atoms with Crippen molar-refractivity contribution in [2.45, 2.75) is 24.3 Å². The van der Waals surface area contributed by atoms with Crippen LogP contribution in [0.2, 0.25) is 0 Å². The molecule has 0 spiro atoms. The molecule has 1 atom stereocenters. The van der Waals surface area contributed by atoms with Gasteiger partial charge in [-0.15, -0.1) is 0 Å². The Kier molecular flexibility index (Phi) is 7.32. The highest BCUT2D eigenvalue weighted by Gasteiger charge is 2.18. The van der Waals surface area contributed by atoms with Crippen molar-refractivity contribution >= 4 is 47.8 Å². The molecule has 0 aliphatic rings. The minimum atomic E-state index is -0.381. The second kappa shape index (κ2) is 9.48. The Balaban J connectivity index is 2.06. The van der Waals surface area contributed by atoms with Crippen molar-refractivity contribution in [3.8, 4) is 11.5 Å². The molecule has 0 saturated heterocycles. The Morgan fingerprint density at radius 1 is 1.41 bits per heavy atom. The summed E-state index contributed by atoms with van der Waals surface area (Å²) in [6.07, 6.45) is 1.61. The molecule has 0 bridgehead atoms. The van der Waals surface area contributed by atoms with Gasteiger partial charge >= 0.3 is 0 Å². The molecule has 0 aliphatic heterocycles. The number of aromatic nitrogens is 2. The minimum Gasteiger partial charge on any atom is -0.493 e. The van der Waals surface area contributed by atoms with Gasteiger partial charge in [0.15, 0.2) is 16.7 Å². The van der Waals surface area contributed by atoms with E-state index in [0.29, 0.717) is 28.0 Å². The predicted molar refractivity (Wildman–Crippen MR) is 110 cm³/mol. The van der Waals surface area contributed by atoms with Crippen molar-refractivity contribution in [3.05, 3.63) is 34.7 Å². The molecule has 1 aromatic heterocycles. The van der Waals surface area contributed by atoms with E-state index in [-0.39, 0.29) is 16.3 Å². The maximum absolute atomic E-state index is 12.5. The summed E-state index contributed by atoms with van der Waals surface area (Å²) in [6.45, 7) is 7.03. The van der Waals surface area contributed by atoms with Gasteiger partial charge in [-0.1, -0.05) is 23.4 Å². The first-order chi connectivity index (χ1) is 12.9. The number of aliphatic imine (C=N–C) groups is 1. The number of aromatic amines is 1. The SMILES string of the molecule is C=N/C(Cl)=C\c1nc(SC(C)C(=O)Nc2ccc(OC)c(OC)c2)[nH]c1C. The Hall–Kier alpha value is -2.45. The summed E-state index contributed by atoms with van der Waals surface area (Å²) in [5.41, 5.74) is 2.10. The fourth-order valence-electron chi connectivity index (χ4n) is 2.18. The number of nitrogens with one attached hydrogen (secondary N) is 2. The fraction of sp³-hybridized carbons (Fsp3) is 0.278. The number of anilines is 1. The number of imidazole rings is 1. The highest BCUT2D eigenvalue weighted by molar-refractivity contribution is 8.00. The number of methoxy groups -OCH3 is 2. The third-order valence-corrected chi connectivity index (χ3v) is 4.83. The van der Waals surface area contributed by atoms with Gasteiger partial charge in [-0.05, 0) is 32.7 Å². The molecule has 144 valence electrons. The van der Waals surface area contributed by atoms with Crippen LogP contribution in [0.3, 0.4) is 0 Å². The summed E-state index contributed by atoms with van der Waals surface area (Å²) in [7, 11) is 3.10. The Morgan fingerprint density at radius 3 is 2.74 bits per heavy atom. The highest BCUT2D eigenvalue weighted by atomic mass is 35.5. The van der Waals surface area contributed by atoms with Gasteiger partial charge in [-0.3, -0.25) is 9.79 Å². The second-order valence-electron chi connectivity index (χ2n) is 5.50. The first-order valence-electron chi connectivity index (χ1n) is 7.98. The predicted octanol–water partition coefficient (Wildman–Crippen LogP) is 4.09. The Bertz CT molecular complexity index is 866. The maximum atomic E-state index is 12.5. The molecule has 1 unspecified atom stereocenters. The number of carbonyl (C=O) groups is 1. The molecule has 1 heterocycles. The topological polar surface area (TPSA) is 88.6 Å². The molecule has 7 nitrogen and oxygen atoms in total. The van der Waals surface area contributed by atoms with Gasteiger partial charge in [0.1, 0.15) is 5.16 Å². The van der Waals surface area contributed by atoms with E-state index in [1.54, 1.807) is 45.4 Å². The molecule has 2 aromatic rings.